The van der Waals surface area contributed by atoms with E-state index in [4.69, 9.17) is 0 Å². The molecule has 3 nitrogen and oxygen atoms in total. The fourth-order valence-corrected chi connectivity index (χ4v) is 1.75. The smallest absolute Gasteiger partial charge is 0.183 e. The standard InChI is InChI=1S/C15H16N2O/c1-10(2)15(18)14-9-13(16-11(3)17-14)12-7-5-4-6-8-12/h4-10H,1-3H3. The Labute approximate surface area is 107 Å². The van der Waals surface area contributed by atoms with E-state index in [2.05, 4.69) is 9.97 Å². The maximum Gasteiger partial charge on any atom is 0.183 e. The van der Waals surface area contributed by atoms with E-state index in [1.807, 2.05) is 51.1 Å². The van der Waals surface area contributed by atoms with Gasteiger partial charge in [0.15, 0.2) is 5.78 Å². The second-order valence-corrected chi connectivity index (χ2v) is 4.57. The fraction of sp³-hybridized carbons (Fsp3) is 0.267. The van der Waals surface area contributed by atoms with Crippen LogP contribution in [0.1, 0.15) is 30.2 Å². The first-order chi connectivity index (χ1) is 8.58. The highest BCUT2D eigenvalue weighted by molar-refractivity contribution is 5.96. The highest BCUT2D eigenvalue weighted by Crippen LogP contribution is 2.18. The number of nitrogens with zero attached hydrogens (tertiary/aromatic N) is 2. The number of benzene rings is 1. The minimum Gasteiger partial charge on any atom is -0.292 e. The zero-order valence-corrected chi connectivity index (χ0v) is 10.8. The Morgan fingerprint density at radius 1 is 1.11 bits per heavy atom. The molecule has 0 spiro atoms. The molecule has 1 heterocycles. The SMILES string of the molecule is Cc1nc(C(=O)C(C)C)cc(-c2ccccc2)n1. The van der Waals surface area contributed by atoms with Crippen LogP contribution in [0.5, 0.6) is 0 Å². The van der Waals surface area contributed by atoms with Crippen molar-refractivity contribution < 1.29 is 4.79 Å². The minimum atomic E-state index is -0.0528. The van der Waals surface area contributed by atoms with Crippen LogP contribution in [0.15, 0.2) is 36.4 Å². The topological polar surface area (TPSA) is 42.9 Å². The van der Waals surface area contributed by atoms with Gasteiger partial charge >= 0.3 is 0 Å². The Balaban J connectivity index is 2.48. The molecule has 92 valence electrons. The van der Waals surface area contributed by atoms with Crippen LogP contribution in [-0.2, 0) is 0 Å². The molecule has 2 aromatic rings. The van der Waals surface area contributed by atoms with E-state index in [1.54, 1.807) is 6.07 Å². The van der Waals surface area contributed by atoms with Crippen molar-refractivity contribution in [3.05, 3.63) is 47.9 Å². The molecule has 0 unspecified atom stereocenters. The van der Waals surface area contributed by atoms with E-state index in [9.17, 15) is 4.79 Å². The maximum atomic E-state index is 12.0. The van der Waals surface area contributed by atoms with Gasteiger partial charge in [-0.05, 0) is 13.0 Å². The van der Waals surface area contributed by atoms with E-state index >= 15 is 0 Å². The van der Waals surface area contributed by atoms with Crippen LogP contribution in [0.3, 0.4) is 0 Å². The Morgan fingerprint density at radius 3 is 2.39 bits per heavy atom. The number of Topliss-reactive ketones (excluding diaryl/α,β-unsaturated/α-hetero) is 1. The average molecular weight is 240 g/mol. The highest BCUT2D eigenvalue weighted by atomic mass is 16.1. The average Bonchev–Trinajstić information content (AvgIpc) is 2.38. The largest absolute Gasteiger partial charge is 0.292 e. The van der Waals surface area contributed by atoms with Crippen molar-refractivity contribution in [3.63, 3.8) is 0 Å². The van der Waals surface area contributed by atoms with Gasteiger partial charge in [-0.3, -0.25) is 4.79 Å². The molecule has 2 rings (SSSR count). The van der Waals surface area contributed by atoms with Crippen LogP contribution in [0.4, 0.5) is 0 Å². The molecule has 3 heteroatoms. The predicted octanol–water partition coefficient (Wildman–Crippen LogP) is 3.29. The fourth-order valence-electron chi connectivity index (χ4n) is 1.75. The molecule has 0 fully saturated rings. The van der Waals surface area contributed by atoms with Gasteiger partial charge in [0.2, 0.25) is 0 Å². The van der Waals surface area contributed by atoms with E-state index in [0.717, 1.165) is 11.3 Å². The number of carbonyl (C=O) groups excluding carboxylic acids is 1. The zero-order valence-electron chi connectivity index (χ0n) is 10.8. The summed E-state index contributed by atoms with van der Waals surface area (Å²) in [7, 11) is 0. The van der Waals surface area contributed by atoms with Gasteiger partial charge in [0.05, 0.1) is 5.69 Å². The first kappa shape index (κ1) is 12.4. The summed E-state index contributed by atoms with van der Waals surface area (Å²) < 4.78 is 0. The second-order valence-electron chi connectivity index (χ2n) is 4.57. The maximum absolute atomic E-state index is 12.0. The molecule has 0 N–H and O–H groups in total. The lowest BCUT2D eigenvalue weighted by Gasteiger charge is -2.07. The molecule has 0 radical (unpaired) electrons. The lowest BCUT2D eigenvalue weighted by Crippen LogP contribution is -2.11. The third kappa shape index (κ3) is 2.62. The normalized spacial score (nSPS) is 10.7. The van der Waals surface area contributed by atoms with Gasteiger partial charge in [-0.15, -0.1) is 0 Å². The number of rotatable bonds is 3. The molecule has 0 amide bonds. The summed E-state index contributed by atoms with van der Waals surface area (Å²) in [4.78, 5) is 20.6. The molecule has 0 aliphatic heterocycles. The van der Waals surface area contributed by atoms with Crippen LogP contribution in [0.25, 0.3) is 11.3 Å². The summed E-state index contributed by atoms with van der Waals surface area (Å²) in [6.45, 7) is 5.56. The van der Waals surface area contributed by atoms with E-state index in [-0.39, 0.29) is 11.7 Å². The molecular weight excluding hydrogens is 224 g/mol. The van der Waals surface area contributed by atoms with Gasteiger partial charge in [-0.1, -0.05) is 44.2 Å². The molecule has 1 aromatic carbocycles. The highest BCUT2D eigenvalue weighted by Gasteiger charge is 2.14. The monoisotopic (exact) mass is 240 g/mol. The molecule has 1 aromatic heterocycles. The van der Waals surface area contributed by atoms with Gasteiger partial charge < -0.3 is 0 Å². The Hall–Kier alpha value is -2.03. The number of ketones is 1. The molecule has 0 atom stereocenters. The van der Waals surface area contributed by atoms with Crippen LogP contribution in [-0.4, -0.2) is 15.8 Å². The number of carbonyl (C=O) groups is 1. The second kappa shape index (κ2) is 5.08. The molecule has 18 heavy (non-hydrogen) atoms. The summed E-state index contributed by atoms with van der Waals surface area (Å²) in [6.07, 6.45) is 0. The first-order valence-corrected chi connectivity index (χ1v) is 6.03. The first-order valence-electron chi connectivity index (χ1n) is 6.03. The van der Waals surface area contributed by atoms with E-state index in [1.165, 1.54) is 0 Å². The third-order valence-electron chi connectivity index (χ3n) is 2.68. The van der Waals surface area contributed by atoms with Gasteiger partial charge in [0.1, 0.15) is 11.5 Å². The van der Waals surface area contributed by atoms with E-state index < -0.39 is 0 Å². The Kier molecular flexibility index (Phi) is 3.51. The molecule has 0 bridgehead atoms. The van der Waals surface area contributed by atoms with Crippen molar-refractivity contribution in [1.29, 1.82) is 0 Å². The van der Waals surface area contributed by atoms with Crippen molar-refractivity contribution >= 4 is 5.78 Å². The van der Waals surface area contributed by atoms with Crippen molar-refractivity contribution in [2.24, 2.45) is 5.92 Å². The third-order valence-corrected chi connectivity index (χ3v) is 2.68. The minimum absolute atomic E-state index is 0.0528. The molecule has 0 aliphatic rings. The van der Waals surface area contributed by atoms with Crippen LogP contribution < -0.4 is 0 Å². The molecule has 0 aliphatic carbocycles. The van der Waals surface area contributed by atoms with Crippen molar-refractivity contribution in [1.82, 2.24) is 9.97 Å². The van der Waals surface area contributed by atoms with Crippen molar-refractivity contribution in [2.45, 2.75) is 20.8 Å². The quantitative estimate of drug-likeness (QED) is 0.773. The van der Waals surface area contributed by atoms with Crippen molar-refractivity contribution in [3.8, 4) is 11.3 Å². The number of aryl methyl sites for hydroxylation is 1. The van der Waals surface area contributed by atoms with Gasteiger partial charge in [-0.25, -0.2) is 9.97 Å². The molecule has 0 saturated carbocycles. The Bertz CT molecular complexity index is 562. The summed E-state index contributed by atoms with van der Waals surface area (Å²) in [5.74, 6) is 0.626. The number of aromatic nitrogens is 2. The van der Waals surface area contributed by atoms with Crippen molar-refractivity contribution in [2.75, 3.05) is 0 Å². The van der Waals surface area contributed by atoms with Crippen LogP contribution in [0.2, 0.25) is 0 Å². The van der Waals surface area contributed by atoms with E-state index in [0.29, 0.717) is 11.5 Å². The number of hydrogen-bond acceptors (Lipinski definition) is 3. The summed E-state index contributed by atoms with van der Waals surface area (Å²) in [5.41, 5.74) is 2.30. The Morgan fingerprint density at radius 2 is 1.78 bits per heavy atom. The van der Waals surface area contributed by atoms with Gasteiger partial charge in [0, 0.05) is 11.5 Å². The predicted molar refractivity (Wildman–Crippen MR) is 71.4 cm³/mol. The molecule has 0 saturated heterocycles. The lowest BCUT2D eigenvalue weighted by molar-refractivity contribution is 0.0934. The number of hydrogen-bond donors (Lipinski definition) is 0. The summed E-state index contributed by atoms with van der Waals surface area (Å²) in [5, 5.41) is 0. The summed E-state index contributed by atoms with van der Waals surface area (Å²) in [6, 6.07) is 11.6. The van der Waals surface area contributed by atoms with Crippen LogP contribution >= 0.6 is 0 Å². The van der Waals surface area contributed by atoms with Gasteiger partial charge in [0.25, 0.3) is 0 Å². The lowest BCUT2D eigenvalue weighted by atomic mass is 10.0. The summed E-state index contributed by atoms with van der Waals surface area (Å²) >= 11 is 0. The zero-order chi connectivity index (χ0) is 13.1. The van der Waals surface area contributed by atoms with Crippen LogP contribution in [0, 0.1) is 12.8 Å². The molecular formula is C15H16N2O. The van der Waals surface area contributed by atoms with Gasteiger partial charge in [-0.2, -0.15) is 0 Å².